The van der Waals surface area contributed by atoms with E-state index in [1.54, 1.807) is 31.2 Å². The van der Waals surface area contributed by atoms with E-state index in [4.69, 9.17) is 9.47 Å². The van der Waals surface area contributed by atoms with Gasteiger partial charge in [0.1, 0.15) is 5.75 Å². The van der Waals surface area contributed by atoms with Gasteiger partial charge in [-0.3, -0.25) is 0 Å². The predicted molar refractivity (Wildman–Crippen MR) is 112 cm³/mol. The number of esters is 1. The molecule has 8 heteroatoms. The molecule has 31 heavy (non-hydrogen) atoms. The molecule has 0 unspecified atom stereocenters. The molecule has 0 atom stereocenters. The molecule has 0 saturated carbocycles. The first-order chi connectivity index (χ1) is 14.8. The van der Waals surface area contributed by atoms with Gasteiger partial charge in [-0.25, -0.2) is 4.79 Å². The highest BCUT2D eigenvalue weighted by molar-refractivity contribution is 5.86. The normalized spacial score (nSPS) is 11.5. The average Bonchev–Trinajstić information content (AvgIpc) is 2.74. The van der Waals surface area contributed by atoms with Gasteiger partial charge in [0.25, 0.3) is 0 Å². The van der Waals surface area contributed by atoms with Gasteiger partial charge in [0.05, 0.1) is 30.2 Å². The Hall–Kier alpha value is -3.16. The highest BCUT2D eigenvalue weighted by Crippen LogP contribution is 2.30. The summed E-state index contributed by atoms with van der Waals surface area (Å²) >= 11 is 0. The fraction of sp³-hybridized carbons (Fsp3) is 0.348. The van der Waals surface area contributed by atoms with Crippen LogP contribution < -0.4 is 4.74 Å². The van der Waals surface area contributed by atoms with Gasteiger partial charge in [0.2, 0.25) is 0 Å². The lowest BCUT2D eigenvalue weighted by Crippen LogP contribution is -2.06. The van der Waals surface area contributed by atoms with Crippen molar-refractivity contribution in [3.8, 4) is 5.75 Å². The second-order valence-corrected chi connectivity index (χ2v) is 6.92. The molecule has 2 aromatic rings. The van der Waals surface area contributed by atoms with Crippen molar-refractivity contribution in [2.75, 3.05) is 13.2 Å². The van der Waals surface area contributed by atoms with Gasteiger partial charge in [0.15, 0.2) is 0 Å². The van der Waals surface area contributed by atoms with Gasteiger partial charge >= 0.3 is 12.1 Å². The minimum Gasteiger partial charge on any atom is -0.494 e. The van der Waals surface area contributed by atoms with Crippen molar-refractivity contribution in [3.63, 3.8) is 0 Å². The van der Waals surface area contributed by atoms with Crippen molar-refractivity contribution in [1.82, 2.24) is 0 Å². The summed E-state index contributed by atoms with van der Waals surface area (Å²) in [5.74, 6) is 0.342. The summed E-state index contributed by atoms with van der Waals surface area (Å²) in [6.07, 6.45) is -0.785. The van der Waals surface area contributed by atoms with Crippen molar-refractivity contribution in [1.29, 1.82) is 0 Å². The maximum absolute atomic E-state index is 12.6. The highest BCUT2D eigenvalue weighted by Gasteiger charge is 2.29. The second kappa shape index (κ2) is 11.9. The summed E-state index contributed by atoms with van der Waals surface area (Å²) in [5.41, 5.74) is 0.582. The molecule has 0 aliphatic carbocycles. The van der Waals surface area contributed by atoms with Crippen LogP contribution in [0.1, 0.15) is 38.2 Å². The zero-order valence-corrected chi connectivity index (χ0v) is 17.3. The monoisotopic (exact) mass is 434 g/mol. The molecule has 0 bridgehead atoms. The Bertz CT molecular complexity index is 876. The number of ether oxygens (including phenoxy) is 2. The molecule has 5 nitrogen and oxygen atoms in total. The van der Waals surface area contributed by atoms with Crippen LogP contribution in [-0.4, -0.2) is 19.2 Å². The van der Waals surface area contributed by atoms with E-state index in [9.17, 15) is 18.0 Å². The minimum absolute atomic E-state index is 0.336. The standard InChI is InChI=1S/C23H25F3N2O3/c1-17(2)22(29)31-16-6-4-3-5-15-30-21-13-11-20(12-14-21)28-27-19-9-7-18(8-10-19)23(24,25)26/h7-14H,1,3-6,15-16H2,2H3. The molecule has 0 spiro atoms. The summed E-state index contributed by atoms with van der Waals surface area (Å²) < 4.78 is 48.4. The third kappa shape index (κ3) is 9.02. The van der Waals surface area contributed by atoms with Gasteiger partial charge in [0, 0.05) is 5.57 Å². The van der Waals surface area contributed by atoms with Crippen LogP contribution in [0.2, 0.25) is 0 Å². The van der Waals surface area contributed by atoms with Crippen LogP contribution in [0, 0.1) is 0 Å². The Morgan fingerprint density at radius 3 is 1.90 bits per heavy atom. The number of rotatable bonds is 11. The molecule has 0 aliphatic heterocycles. The van der Waals surface area contributed by atoms with E-state index in [0.717, 1.165) is 37.8 Å². The maximum atomic E-state index is 12.6. The van der Waals surface area contributed by atoms with Gasteiger partial charge < -0.3 is 9.47 Å². The molecule has 0 N–H and O–H groups in total. The van der Waals surface area contributed by atoms with Crippen LogP contribution in [0.25, 0.3) is 0 Å². The molecule has 166 valence electrons. The minimum atomic E-state index is -4.37. The fourth-order valence-electron chi connectivity index (χ4n) is 2.48. The third-order valence-electron chi connectivity index (χ3n) is 4.20. The molecule has 0 amide bonds. The van der Waals surface area contributed by atoms with Crippen LogP contribution >= 0.6 is 0 Å². The van der Waals surface area contributed by atoms with Crippen LogP contribution in [0.15, 0.2) is 70.9 Å². The second-order valence-electron chi connectivity index (χ2n) is 6.92. The number of hydrogen-bond donors (Lipinski definition) is 0. The Kier molecular flexibility index (Phi) is 9.24. The Labute approximate surface area is 179 Å². The Morgan fingerprint density at radius 2 is 1.39 bits per heavy atom. The number of nitrogens with zero attached hydrogens (tertiary/aromatic N) is 2. The van der Waals surface area contributed by atoms with E-state index in [-0.39, 0.29) is 5.97 Å². The molecular weight excluding hydrogens is 409 g/mol. The van der Waals surface area contributed by atoms with Gasteiger partial charge in [-0.05, 0) is 81.1 Å². The molecule has 0 aromatic heterocycles. The van der Waals surface area contributed by atoms with Gasteiger partial charge in [-0.1, -0.05) is 6.58 Å². The van der Waals surface area contributed by atoms with Crippen molar-refractivity contribution < 1.29 is 27.4 Å². The molecule has 0 heterocycles. The van der Waals surface area contributed by atoms with E-state index in [2.05, 4.69) is 16.8 Å². The lowest BCUT2D eigenvalue weighted by molar-refractivity contribution is -0.139. The van der Waals surface area contributed by atoms with E-state index in [1.807, 2.05) is 0 Å². The zero-order chi connectivity index (χ0) is 22.7. The number of carbonyl (C=O) groups is 1. The smallest absolute Gasteiger partial charge is 0.416 e. The topological polar surface area (TPSA) is 60.2 Å². The van der Waals surface area contributed by atoms with Crippen molar-refractivity contribution in [3.05, 3.63) is 66.2 Å². The first kappa shape index (κ1) is 24.1. The highest BCUT2D eigenvalue weighted by atomic mass is 19.4. The number of halogens is 3. The summed E-state index contributed by atoms with van der Waals surface area (Å²) in [7, 11) is 0. The first-order valence-corrected chi connectivity index (χ1v) is 9.90. The number of alkyl halides is 3. The molecular formula is C23H25F3N2O3. The van der Waals surface area contributed by atoms with E-state index < -0.39 is 11.7 Å². The van der Waals surface area contributed by atoms with Crippen molar-refractivity contribution in [2.24, 2.45) is 10.2 Å². The molecule has 0 fully saturated rings. The maximum Gasteiger partial charge on any atom is 0.416 e. The summed E-state index contributed by atoms with van der Waals surface area (Å²) in [6.45, 7) is 6.11. The van der Waals surface area contributed by atoms with E-state index >= 15 is 0 Å². The largest absolute Gasteiger partial charge is 0.494 e. The van der Waals surface area contributed by atoms with Crippen LogP contribution in [0.5, 0.6) is 5.75 Å². The number of hydrogen-bond acceptors (Lipinski definition) is 5. The average molecular weight is 434 g/mol. The fourth-order valence-corrected chi connectivity index (χ4v) is 2.48. The zero-order valence-electron chi connectivity index (χ0n) is 17.3. The lowest BCUT2D eigenvalue weighted by Gasteiger charge is -2.07. The number of carbonyl (C=O) groups excluding carboxylic acids is 1. The van der Waals surface area contributed by atoms with E-state index in [0.29, 0.717) is 35.9 Å². The molecule has 0 saturated heterocycles. The quantitative estimate of drug-likeness (QED) is 0.163. The Morgan fingerprint density at radius 1 is 0.871 bits per heavy atom. The van der Waals surface area contributed by atoms with Crippen LogP contribution in [0.3, 0.4) is 0 Å². The van der Waals surface area contributed by atoms with Crippen molar-refractivity contribution >= 4 is 17.3 Å². The Balaban J connectivity index is 1.66. The SMILES string of the molecule is C=C(C)C(=O)OCCCCCCOc1ccc(N=Nc2ccc(C(F)(F)F)cc2)cc1. The third-order valence-corrected chi connectivity index (χ3v) is 4.20. The van der Waals surface area contributed by atoms with E-state index in [1.165, 1.54) is 12.1 Å². The lowest BCUT2D eigenvalue weighted by atomic mass is 10.2. The molecule has 2 rings (SSSR count). The summed E-state index contributed by atoms with van der Waals surface area (Å²) in [4.78, 5) is 11.2. The molecule has 0 radical (unpaired) electrons. The predicted octanol–water partition coefficient (Wildman–Crippen LogP) is 7.18. The summed E-state index contributed by atoms with van der Waals surface area (Å²) in [6, 6.07) is 11.5. The number of benzene rings is 2. The van der Waals surface area contributed by atoms with Crippen LogP contribution in [-0.2, 0) is 15.7 Å². The van der Waals surface area contributed by atoms with Crippen LogP contribution in [0.4, 0.5) is 24.5 Å². The summed E-state index contributed by atoms with van der Waals surface area (Å²) in [5, 5.41) is 7.96. The molecule has 0 aliphatic rings. The molecule has 2 aromatic carbocycles. The van der Waals surface area contributed by atoms with Crippen molar-refractivity contribution in [2.45, 2.75) is 38.8 Å². The number of azo groups is 1. The first-order valence-electron chi connectivity index (χ1n) is 9.90. The van der Waals surface area contributed by atoms with Gasteiger partial charge in [-0.15, -0.1) is 0 Å². The number of unbranched alkanes of at least 4 members (excludes halogenated alkanes) is 3. The van der Waals surface area contributed by atoms with Gasteiger partial charge in [-0.2, -0.15) is 23.4 Å².